The van der Waals surface area contributed by atoms with Crippen LogP contribution in [0.2, 0.25) is 0 Å². The molecule has 2 rings (SSSR count). The molecule has 1 heterocycles. The van der Waals surface area contributed by atoms with Gasteiger partial charge in [-0.3, -0.25) is 0 Å². The zero-order valence-corrected chi connectivity index (χ0v) is 9.63. The van der Waals surface area contributed by atoms with Crippen molar-refractivity contribution in [2.24, 2.45) is 0 Å². The molecular formula is C13H18FNO. The molecule has 2 nitrogen and oxygen atoms in total. The first-order chi connectivity index (χ1) is 7.74. The maximum absolute atomic E-state index is 13.1. The Bertz CT molecular complexity index is 328. The minimum Gasteiger partial charge on any atom is -0.385 e. The van der Waals surface area contributed by atoms with Gasteiger partial charge < -0.3 is 10.1 Å². The van der Waals surface area contributed by atoms with Gasteiger partial charge in [0.15, 0.2) is 0 Å². The zero-order chi connectivity index (χ0) is 11.4. The molecule has 1 aromatic carbocycles. The third-order valence-electron chi connectivity index (χ3n) is 2.86. The van der Waals surface area contributed by atoms with E-state index in [2.05, 4.69) is 5.32 Å². The molecule has 1 aromatic rings. The minimum absolute atomic E-state index is 0.181. The molecule has 0 saturated carbocycles. The molecule has 16 heavy (non-hydrogen) atoms. The smallest absolute Gasteiger partial charge is 0.125 e. The number of nitrogens with one attached hydrogen (secondary N) is 1. The van der Waals surface area contributed by atoms with Gasteiger partial charge in [0, 0.05) is 18.8 Å². The van der Waals surface area contributed by atoms with E-state index in [4.69, 9.17) is 4.74 Å². The molecule has 1 aliphatic heterocycles. The molecule has 3 heteroatoms. The summed E-state index contributed by atoms with van der Waals surface area (Å²) in [6.45, 7) is 3.63. The van der Waals surface area contributed by atoms with Crippen LogP contribution >= 0.6 is 0 Å². The summed E-state index contributed by atoms with van der Waals surface area (Å²) >= 11 is 0. The first-order valence-electron chi connectivity index (χ1n) is 5.87. The summed E-state index contributed by atoms with van der Waals surface area (Å²) in [6.07, 6.45) is 3.71. The van der Waals surface area contributed by atoms with Crippen LogP contribution in [0.15, 0.2) is 18.2 Å². The van der Waals surface area contributed by atoms with Crippen LogP contribution in [0.4, 0.5) is 10.1 Å². The fourth-order valence-electron chi connectivity index (χ4n) is 2.09. The van der Waals surface area contributed by atoms with E-state index < -0.39 is 0 Å². The van der Waals surface area contributed by atoms with Crippen molar-refractivity contribution in [1.82, 2.24) is 0 Å². The maximum atomic E-state index is 13.1. The molecule has 0 bridgehead atoms. The predicted molar refractivity (Wildman–Crippen MR) is 63.2 cm³/mol. The van der Waals surface area contributed by atoms with E-state index in [0.717, 1.165) is 37.2 Å². The normalized spacial score (nSPS) is 20.0. The van der Waals surface area contributed by atoms with Gasteiger partial charge in [0.05, 0.1) is 6.10 Å². The number of aryl methyl sites for hydroxylation is 1. The second-order valence-corrected chi connectivity index (χ2v) is 4.37. The van der Waals surface area contributed by atoms with Crippen molar-refractivity contribution in [1.29, 1.82) is 0 Å². The molecule has 0 spiro atoms. The van der Waals surface area contributed by atoms with E-state index in [1.807, 2.05) is 13.0 Å². The number of ether oxygens (including phenoxy) is 1. The van der Waals surface area contributed by atoms with Crippen LogP contribution in [0, 0.1) is 12.7 Å². The zero-order valence-electron chi connectivity index (χ0n) is 9.63. The average molecular weight is 223 g/mol. The van der Waals surface area contributed by atoms with Gasteiger partial charge in [0.2, 0.25) is 0 Å². The quantitative estimate of drug-likeness (QED) is 0.846. The van der Waals surface area contributed by atoms with Crippen molar-refractivity contribution >= 4 is 5.69 Å². The van der Waals surface area contributed by atoms with E-state index in [1.165, 1.54) is 18.6 Å². The Morgan fingerprint density at radius 3 is 3.00 bits per heavy atom. The van der Waals surface area contributed by atoms with Crippen LogP contribution in [-0.2, 0) is 4.74 Å². The van der Waals surface area contributed by atoms with Gasteiger partial charge in [-0.05, 0) is 49.9 Å². The van der Waals surface area contributed by atoms with Gasteiger partial charge in [-0.15, -0.1) is 0 Å². The Morgan fingerprint density at radius 1 is 1.44 bits per heavy atom. The highest BCUT2D eigenvalue weighted by molar-refractivity contribution is 5.45. The molecule has 1 unspecified atom stereocenters. The van der Waals surface area contributed by atoms with Crippen LogP contribution in [0.3, 0.4) is 0 Å². The lowest BCUT2D eigenvalue weighted by molar-refractivity contribution is 0.107. The molecule has 0 radical (unpaired) electrons. The lowest BCUT2D eigenvalue weighted by Gasteiger charge is -2.11. The Morgan fingerprint density at radius 2 is 2.31 bits per heavy atom. The Hall–Kier alpha value is -1.09. The van der Waals surface area contributed by atoms with Crippen molar-refractivity contribution < 1.29 is 9.13 Å². The third kappa shape index (κ3) is 3.20. The summed E-state index contributed by atoms with van der Waals surface area (Å²) in [4.78, 5) is 0. The first kappa shape index (κ1) is 11.4. The van der Waals surface area contributed by atoms with E-state index in [-0.39, 0.29) is 5.82 Å². The number of hydrogen-bond acceptors (Lipinski definition) is 2. The molecule has 1 N–H and O–H groups in total. The third-order valence-corrected chi connectivity index (χ3v) is 2.86. The van der Waals surface area contributed by atoms with E-state index in [0.29, 0.717) is 6.10 Å². The SMILES string of the molecule is Cc1cc(F)cc(NCCC2CCCO2)c1. The largest absolute Gasteiger partial charge is 0.385 e. The van der Waals surface area contributed by atoms with Crippen molar-refractivity contribution in [2.75, 3.05) is 18.5 Å². The van der Waals surface area contributed by atoms with Crippen molar-refractivity contribution in [3.8, 4) is 0 Å². The number of benzene rings is 1. The molecule has 88 valence electrons. The second kappa shape index (κ2) is 5.30. The molecule has 1 fully saturated rings. The van der Waals surface area contributed by atoms with E-state index >= 15 is 0 Å². The van der Waals surface area contributed by atoms with Gasteiger partial charge in [-0.1, -0.05) is 0 Å². The molecule has 1 aliphatic rings. The van der Waals surface area contributed by atoms with Crippen molar-refractivity contribution in [3.63, 3.8) is 0 Å². The number of hydrogen-bond donors (Lipinski definition) is 1. The van der Waals surface area contributed by atoms with Gasteiger partial charge in [0.1, 0.15) is 5.82 Å². The summed E-state index contributed by atoms with van der Waals surface area (Å²) in [7, 11) is 0. The maximum Gasteiger partial charge on any atom is 0.125 e. The Balaban J connectivity index is 1.80. The van der Waals surface area contributed by atoms with Crippen LogP contribution < -0.4 is 5.32 Å². The lowest BCUT2D eigenvalue weighted by Crippen LogP contribution is -2.12. The van der Waals surface area contributed by atoms with Crippen molar-refractivity contribution in [3.05, 3.63) is 29.6 Å². The Labute approximate surface area is 95.8 Å². The fraction of sp³-hybridized carbons (Fsp3) is 0.538. The van der Waals surface area contributed by atoms with Crippen LogP contribution in [0.1, 0.15) is 24.8 Å². The van der Waals surface area contributed by atoms with Gasteiger partial charge in [0.25, 0.3) is 0 Å². The van der Waals surface area contributed by atoms with E-state index in [9.17, 15) is 4.39 Å². The second-order valence-electron chi connectivity index (χ2n) is 4.37. The summed E-state index contributed by atoms with van der Waals surface area (Å²) in [5, 5.41) is 3.23. The summed E-state index contributed by atoms with van der Waals surface area (Å²) < 4.78 is 18.6. The number of halogens is 1. The summed E-state index contributed by atoms with van der Waals surface area (Å²) in [6, 6.07) is 5.02. The first-order valence-corrected chi connectivity index (χ1v) is 5.87. The minimum atomic E-state index is -0.181. The number of anilines is 1. The molecule has 1 saturated heterocycles. The molecule has 0 aromatic heterocycles. The van der Waals surface area contributed by atoms with Crippen LogP contribution in [0.25, 0.3) is 0 Å². The van der Waals surface area contributed by atoms with Crippen LogP contribution in [0.5, 0.6) is 0 Å². The summed E-state index contributed by atoms with van der Waals surface area (Å²) in [5.41, 5.74) is 1.80. The van der Waals surface area contributed by atoms with Gasteiger partial charge in [-0.25, -0.2) is 4.39 Å². The molecule has 1 atom stereocenters. The highest BCUT2D eigenvalue weighted by atomic mass is 19.1. The Kier molecular flexibility index (Phi) is 3.78. The highest BCUT2D eigenvalue weighted by Crippen LogP contribution is 2.17. The standard InChI is InChI=1S/C13H18FNO/c1-10-7-11(14)9-12(8-10)15-5-4-13-3-2-6-16-13/h7-9,13,15H,2-6H2,1H3. The monoisotopic (exact) mass is 223 g/mol. The summed E-state index contributed by atoms with van der Waals surface area (Å²) in [5.74, 6) is -0.181. The average Bonchev–Trinajstić information content (AvgIpc) is 2.69. The number of rotatable bonds is 4. The van der Waals surface area contributed by atoms with Gasteiger partial charge >= 0.3 is 0 Å². The molecular weight excluding hydrogens is 205 g/mol. The van der Waals surface area contributed by atoms with Crippen molar-refractivity contribution in [2.45, 2.75) is 32.3 Å². The lowest BCUT2D eigenvalue weighted by atomic mass is 10.1. The predicted octanol–water partition coefficient (Wildman–Crippen LogP) is 3.12. The van der Waals surface area contributed by atoms with Gasteiger partial charge in [-0.2, -0.15) is 0 Å². The molecule has 0 aliphatic carbocycles. The topological polar surface area (TPSA) is 21.3 Å². The fourth-order valence-corrected chi connectivity index (χ4v) is 2.09. The van der Waals surface area contributed by atoms with Crippen LogP contribution in [-0.4, -0.2) is 19.3 Å². The molecule has 0 amide bonds. The highest BCUT2D eigenvalue weighted by Gasteiger charge is 2.14. The van der Waals surface area contributed by atoms with E-state index in [1.54, 1.807) is 0 Å².